The third kappa shape index (κ3) is 9.32. The van der Waals surface area contributed by atoms with Crippen molar-refractivity contribution in [2.24, 2.45) is 0 Å². The first kappa shape index (κ1) is 30.0. The predicted molar refractivity (Wildman–Crippen MR) is 153 cm³/mol. The van der Waals surface area contributed by atoms with Gasteiger partial charge in [-0.25, -0.2) is 10.2 Å². The van der Waals surface area contributed by atoms with Crippen LogP contribution < -0.4 is 32.1 Å². The van der Waals surface area contributed by atoms with Crippen molar-refractivity contribution < 1.29 is 14.3 Å². The van der Waals surface area contributed by atoms with Gasteiger partial charge in [-0.3, -0.25) is 9.69 Å². The second-order valence-corrected chi connectivity index (χ2v) is 10.3. The fourth-order valence-corrected chi connectivity index (χ4v) is 3.55. The van der Waals surface area contributed by atoms with Crippen molar-refractivity contribution >= 4 is 35.3 Å². The van der Waals surface area contributed by atoms with Gasteiger partial charge in [0.05, 0.1) is 12.5 Å². The highest BCUT2D eigenvalue weighted by Gasteiger charge is 2.26. The van der Waals surface area contributed by atoms with Crippen molar-refractivity contribution in [1.29, 1.82) is 5.26 Å². The molecule has 1 aromatic heterocycles. The first-order valence-electron chi connectivity index (χ1n) is 13.0. The molecule has 0 saturated carbocycles. The van der Waals surface area contributed by atoms with E-state index >= 15 is 0 Å². The molecule has 0 bridgehead atoms. The molecule has 0 saturated heterocycles. The molecule has 2 atom stereocenters. The number of hydrogen-bond donors (Lipinski definition) is 6. The molecule has 3 rings (SSSR count). The molecule has 1 aliphatic rings. The number of hydrogen-bond acceptors (Lipinski definition) is 11. The summed E-state index contributed by atoms with van der Waals surface area (Å²) in [4.78, 5) is 35.3. The normalized spacial score (nSPS) is 15.1. The SMILES string of the molecule is CC1=CC(Nc2cc(NCCNC(=O)[C@H](C)N(C)C(=O)OC(C)(C)C)nc(Nc3ccc(CC#N)cc3)n2)NN1. The molecular weight excluding hydrogens is 512 g/mol. The average Bonchev–Trinajstić information content (AvgIpc) is 3.30. The number of aromatic nitrogens is 2. The molecule has 1 aromatic carbocycles. The van der Waals surface area contributed by atoms with Gasteiger partial charge in [-0.15, -0.1) is 0 Å². The molecule has 214 valence electrons. The lowest BCUT2D eigenvalue weighted by atomic mass is 10.1. The Morgan fingerprint density at radius 2 is 1.88 bits per heavy atom. The van der Waals surface area contributed by atoms with E-state index in [4.69, 9.17) is 10.00 Å². The molecule has 2 heterocycles. The van der Waals surface area contributed by atoms with E-state index in [1.807, 2.05) is 37.3 Å². The summed E-state index contributed by atoms with van der Waals surface area (Å²) in [5.41, 5.74) is 8.18. The quantitative estimate of drug-likeness (QED) is 0.228. The van der Waals surface area contributed by atoms with Gasteiger partial charge in [0.1, 0.15) is 29.4 Å². The van der Waals surface area contributed by atoms with Gasteiger partial charge in [0.25, 0.3) is 0 Å². The van der Waals surface area contributed by atoms with Crippen LogP contribution in [0.5, 0.6) is 0 Å². The van der Waals surface area contributed by atoms with Crippen LogP contribution in [0.15, 0.2) is 42.1 Å². The second-order valence-electron chi connectivity index (χ2n) is 10.3. The molecule has 1 aliphatic heterocycles. The minimum atomic E-state index is -0.705. The lowest BCUT2D eigenvalue weighted by Gasteiger charge is -2.28. The van der Waals surface area contributed by atoms with Gasteiger partial charge < -0.3 is 31.4 Å². The van der Waals surface area contributed by atoms with Crippen LogP contribution in [0, 0.1) is 11.3 Å². The van der Waals surface area contributed by atoms with Gasteiger partial charge in [0, 0.05) is 37.6 Å². The van der Waals surface area contributed by atoms with Crippen LogP contribution in [0.2, 0.25) is 0 Å². The number of benzene rings is 1. The van der Waals surface area contributed by atoms with Crippen molar-refractivity contribution in [3.05, 3.63) is 47.7 Å². The summed E-state index contributed by atoms with van der Waals surface area (Å²) in [6, 6.07) is 10.7. The molecule has 2 aromatic rings. The van der Waals surface area contributed by atoms with E-state index in [1.54, 1.807) is 33.8 Å². The van der Waals surface area contributed by atoms with E-state index in [-0.39, 0.29) is 12.1 Å². The summed E-state index contributed by atoms with van der Waals surface area (Å²) in [7, 11) is 1.53. The Kier molecular flexibility index (Phi) is 10.1. The lowest BCUT2D eigenvalue weighted by molar-refractivity contribution is -0.125. The monoisotopic (exact) mass is 550 g/mol. The van der Waals surface area contributed by atoms with Gasteiger partial charge in [0.15, 0.2) is 0 Å². The molecule has 0 spiro atoms. The Balaban J connectivity index is 1.61. The molecule has 1 unspecified atom stereocenters. The van der Waals surface area contributed by atoms with E-state index < -0.39 is 17.7 Å². The molecule has 0 fully saturated rings. The van der Waals surface area contributed by atoms with Crippen LogP contribution in [-0.4, -0.2) is 64.8 Å². The Labute approximate surface area is 234 Å². The predicted octanol–water partition coefficient (Wildman–Crippen LogP) is 2.82. The van der Waals surface area contributed by atoms with E-state index in [1.165, 1.54) is 11.9 Å². The smallest absolute Gasteiger partial charge is 0.410 e. The summed E-state index contributed by atoms with van der Waals surface area (Å²) in [6.07, 6.45) is 1.60. The summed E-state index contributed by atoms with van der Waals surface area (Å²) in [6.45, 7) is 9.60. The number of carbonyl (C=O) groups excluding carboxylic acids is 2. The number of allylic oxidation sites excluding steroid dienone is 1. The molecule has 13 nitrogen and oxygen atoms in total. The summed E-state index contributed by atoms with van der Waals surface area (Å²) in [5, 5.41) is 21.4. The maximum atomic E-state index is 12.6. The third-order valence-electron chi connectivity index (χ3n) is 5.74. The van der Waals surface area contributed by atoms with Crippen LogP contribution in [0.3, 0.4) is 0 Å². The lowest BCUT2D eigenvalue weighted by Crippen LogP contribution is -2.48. The minimum absolute atomic E-state index is 0.163. The van der Waals surface area contributed by atoms with E-state index in [9.17, 15) is 9.59 Å². The Morgan fingerprint density at radius 3 is 2.50 bits per heavy atom. The second kappa shape index (κ2) is 13.5. The van der Waals surface area contributed by atoms with Crippen LogP contribution >= 0.6 is 0 Å². The van der Waals surface area contributed by atoms with E-state index in [0.29, 0.717) is 37.1 Å². The van der Waals surface area contributed by atoms with Gasteiger partial charge in [0.2, 0.25) is 11.9 Å². The van der Waals surface area contributed by atoms with Crippen molar-refractivity contribution in [1.82, 2.24) is 31.0 Å². The summed E-state index contributed by atoms with van der Waals surface area (Å²) in [5.74, 6) is 1.18. The third-order valence-corrected chi connectivity index (χ3v) is 5.74. The first-order chi connectivity index (χ1) is 18.9. The Hall–Kier alpha value is -4.57. The number of amides is 2. The van der Waals surface area contributed by atoms with Gasteiger partial charge in [-0.05, 0) is 58.4 Å². The molecule has 2 amide bonds. The number of rotatable bonds is 11. The average molecular weight is 551 g/mol. The number of carbonyl (C=O) groups is 2. The largest absolute Gasteiger partial charge is 0.444 e. The first-order valence-corrected chi connectivity index (χ1v) is 13.0. The van der Waals surface area contributed by atoms with Gasteiger partial charge >= 0.3 is 6.09 Å². The zero-order valence-electron chi connectivity index (χ0n) is 23.8. The Bertz CT molecular complexity index is 1250. The van der Waals surface area contributed by atoms with E-state index in [2.05, 4.69) is 48.2 Å². The summed E-state index contributed by atoms with van der Waals surface area (Å²) >= 11 is 0. The van der Waals surface area contributed by atoms with Crippen molar-refractivity contribution in [3.8, 4) is 6.07 Å². The van der Waals surface area contributed by atoms with Crippen molar-refractivity contribution in [2.45, 2.75) is 58.8 Å². The highest BCUT2D eigenvalue weighted by atomic mass is 16.6. The molecule has 0 radical (unpaired) electrons. The molecule has 13 heteroatoms. The molecule has 40 heavy (non-hydrogen) atoms. The standard InChI is InChI=1S/C27H38N10O3/c1-17-15-23(36-35-17)32-22-16-21(33-25(34-22)31-20-9-7-19(8-10-20)11-12-28)29-13-14-30-24(38)18(2)37(6)26(39)40-27(3,4)5/h7-10,15-16,18,23,35-36H,11,13-14H2,1-6H3,(H,30,38)(H3,29,31,32,33,34)/t18-,23?/m0/s1. The summed E-state index contributed by atoms with van der Waals surface area (Å²) < 4.78 is 5.33. The minimum Gasteiger partial charge on any atom is -0.444 e. The molecule has 0 aliphatic carbocycles. The van der Waals surface area contributed by atoms with Crippen LogP contribution in [0.25, 0.3) is 0 Å². The maximum absolute atomic E-state index is 12.6. The van der Waals surface area contributed by atoms with Crippen LogP contribution in [0.4, 0.5) is 28.1 Å². The number of nitrogens with zero attached hydrogens (tertiary/aromatic N) is 4. The van der Waals surface area contributed by atoms with Crippen molar-refractivity contribution in [2.75, 3.05) is 36.1 Å². The number of likely N-dealkylation sites (N-methyl/N-ethyl adjacent to an activating group) is 1. The number of nitriles is 1. The number of hydrazine groups is 1. The number of nitrogens with one attached hydrogen (secondary N) is 6. The van der Waals surface area contributed by atoms with Gasteiger partial charge in [-0.1, -0.05) is 12.1 Å². The zero-order chi connectivity index (χ0) is 29.3. The van der Waals surface area contributed by atoms with Crippen molar-refractivity contribution in [3.63, 3.8) is 0 Å². The topological polar surface area (TPSA) is 168 Å². The van der Waals surface area contributed by atoms with Crippen LogP contribution in [-0.2, 0) is 16.0 Å². The fourth-order valence-electron chi connectivity index (χ4n) is 3.55. The number of ether oxygens (including phenoxy) is 1. The fraction of sp³-hybridized carbons (Fsp3) is 0.444. The van der Waals surface area contributed by atoms with Gasteiger partial charge in [-0.2, -0.15) is 15.2 Å². The highest BCUT2D eigenvalue weighted by molar-refractivity contribution is 5.85. The molecule has 6 N–H and O–H groups in total. The number of anilines is 4. The maximum Gasteiger partial charge on any atom is 0.410 e. The Morgan fingerprint density at radius 1 is 1.18 bits per heavy atom. The van der Waals surface area contributed by atoms with Crippen LogP contribution in [0.1, 0.15) is 40.2 Å². The van der Waals surface area contributed by atoms with E-state index in [0.717, 1.165) is 16.9 Å². The zero-order valence-corrected chi connectivity index (χ0v) is 23.8. The molecular formula is C27H38N10O3. The highest BCUT2D eigenvalue weighted by Crippen LogP contribution is 2.20.